The minimum Gasteiger partial charge on any atom is -0.507 e. The first-order valence-electron chi connectivity index (χ1n) is 16.4. The molecule has 6 nitrogen and oxygen atoms in total. The van der Waals surface area contributed by atoms with Crippen molar-refractivity contribution in [2.75, 3.05) is 0 Å². The number of hydrogen-bond acceptors (Lipinski definition) is 6. The predicted molar refractivity (Wildman–Crippen MR) is 209 cm³/mol. The van der Waals surface area contributed by atoms with Crippen LogP contribution < -0.4 is 0 Å². The Balaban J connectivity index is 1.20. The van der Waals surface area contributed by atoms with Crippen LogP contribution in [0.25, 0.3) is 33.4 Å². The van der Waals surface area contributed by atoms with Crippen LogP contribution in [0.3, 0.4) is 0 Å². The van der Waals surface area contributed by atoms with Gasteiger partial charge in [-0.25, -0.2) is 0 Å². The highest BCUT2D eigenvalue weighted by molar-refractivity contribution is 5.88. The Bertz CT molecular complexity index is 2100. The van der Waals surface area contributed by atoms with Gasteiger partial charge < -0.3 is 15.3 Å². The molecule has 0 fully saturated rings. The number of rotatable bonds is 9. The lowest BCUT2D eigenvalue weighted by molar-refractivity contribution is 0.474. The van der Waals surface area contributed by atoms with Gasteiger partial charge in [0.1, 0.15) is 17.2 Å². The molecule has 0 saturated carbocycles. The Labute approximate surface area is 296 Å². The number of para-hydroxylation sites is 3. The van der Waals surface area contributed by atoms with Crippen LogP contribution in [-0.4, -0.2) is 34.0 Å². The first-order chi connectivity index (χ1) is 25.0. The minimum absolute atomic E-state index is 0.188. The molecule has 0 atom stereocenters. The summed E-state index contributed by atoms with van der Waals surface area (Å²) in [4.78, 5) is 13.7. The van der Waals surface area contributed by atoms with E-state index in [4.69, 9.17) is 0 Å². The summed E-state index contributed by atoms with van der Waals surface area (Å²) in [7, 11) is 0. The van der Waals surface area contributed by atoms with Gasteiger partial charge in [0, 0.05) is 35.3 Å². The second kappa shape index (κ2) is 15.0. The Hall–Kier alpha value is -7.05. The number of aromatic hydroxyl groups is 3. The van der Waals surface area contributed by atoms with Crippen molar-refractivity contribution in [1.82, 2.24) is 0 Å². The van der Waals surface area contributed by atoms with E-state index in [1.165, 1.54) is 0 Å². The standard InChI is InChI=1S/C45H33N3O3/c49-43-10-4-1-7-34(43)28-46-40-19-13-31(14-20-40)37-25-38(32-15-21-41(22-16-32)47-29-35-8-2-5-11-44(35)50)27-39(26-37)33-17-23-42(24-18-33)48-30-36-9-3-6-12-45(36)51/h1-30,49-51H. The van der Waals surface area contributed by atoms with Gasteiger partial charge in [0.2, 0.25) is 0 Å². The normalized spacial score (nSPS) is 11.5. The molecule has 7 aromatic carbocycles. The van der Waals surface area contributed by atoms with Crippen molar-refractivity contribution in [2.24, 2.45) is 15.0 Å². The van der Waals surface area contributed by atoms with Crippen molar-refractivity contribution >= 4 is 35.7 Å². The third-order valence-corrected chi connectivity index (χ3v) is 8.40. The first kappa shape index (κ1) is 32.5. The van der Waals surface area contributed by atoms with Crippen molar-refractivity contribution in [2.45, 2.75) is 0 Å². The lowest BCUT2D eigenvalue weighted by Gasteiger charge is -2.12. The van der Waals surface area contributed by atoms with Gasteiger partial charge in [-0.05, 0) is 124 Å². The van der Waals surface area contributed by atoms with Crippen molar-refractivity contribution in [3.05, 3.63) is 180 Å². The number of benzene rings is 7. The SMILES string of the molecule is Oc1ccccc1C=Nc1ccc(-c2cc(-c3ccc(N=Cc4ccccc4O)cc3)cc(-c3ccc(N=Cc4ccccc4O)cc3)c2)cc1. The summed E-state index contributed by atoms with van der Waals surface area (Å²) in [5.41, 5.74) is 10.5. The molecule has 0 bridgehead atoms. The molecule has 0 spiro atoms. The van der Waals surface area contributed by atoms with Gasteiger partial charge in [-0.2, -0.15) is 0 Å². The van der Waals surface area contributed by atoms with Crippen LogP contribution in [-0.2, 0) is 0 Å². The van der Waals surface area contributed by atoms with E-state index in [9.17, 15) is 15.3 Å². The third-order valence-electron chi connectivity index (χ3n) is 8.40. The zero-order chi connectivity index (χ0) is 35.0. The molecule has 0 aliphatic rings. The molecule has 51 heavy (non-hydrogen) atoms. The second-order valence-corrected chi connectivity index (χ2v) is 11.9. The predicted octanol–water partition coefficient (Wildman–Crippen LogP) is 11.1. The lowest BCUT2D eigenvalue weighted by Crippen LogP contribution is -1.87. The fourth-order valence-electron chi connectivity index (χ4n) is 5.57. The van der Waals surface area contributed by atoms with E-state index < -0.39 is 0 Å². The molecule has 0 radical (unpaired) electrons. The van der Waals surface area contributed by atoms with E-state index in [-0.39, 0.29) is 17.2 Å². The monoisotopic (exact) mass is 663 g/mol. The van der Waals surface area contributed by atoms with Crippen molar-refractivity contribution in [1.29, 1.82) is 0 Å². The molecule has 0 aliphatic carbocycles. The molecular weight excluding hydrogens is 631 g/mol. The van der Waals surface area contributed by atoms with E-state index in [2.05, 4.69) is 33.2 Å². The zero-order valence-electron chi connectivity index (χ0n) is 27.5. The van der Waals surface area contributed by atoms with E-state index in [0.29, 0.717) is 16.7 Å². The van der Waals surface area contributed by atoms with E-state index >= 15 is 0 Å². The Morgan fingerprint density at radius 1 is 0.294 bits per heavy atom. The molecule has 0 aliphatic heterocycles. The quantitative estimate of drug-likeness (QED) is 0.134. The highest BCUT2D eigenvalue weighted by Gasteiger charge is 2.09. The molecule has 0 saturated heterocycles. The van der Waals surface area contributed by atoms with Gasteiger partial charge in [-0.3, -0.25) is 15.0 Å². The number of phenolic OH excluding ortho intramolecular Hbond substituents is 3. The van der Waals surface area contributed by atoms with Gasteiger partial charge in [0.15, 0.2) is 0 Å². The van der Waals surface area contributed by atoms with E-state index in [1.54, 1.807) is 55.0 Å². The van der Waals surface area contributed by atoms with Crippen molar-refractivity contribution in [3.63, 3.8) is 0 Å². The first-order valence-corrected chi connectivity index (χ1v) is 16.4. The number of aliphatic imine (C=N–C) groups is 3. The average Bonchev–Trinajstić information content (AvgIpc) is 3.17. The van der Waals surface area contributed by atoms with E-state index in [1.807, 2.05) is 109 Å². The summed E-state index contributed by atoms with van der Waals surface area (Å²) in [5, 5.41) is 30.3. The van der Waals surface area contributed by atoms with Gasteiger partial charge in [0.25, 0.3) is 0 Å². The fraction of sp³-hybridized carbons (Fsp3) is 0. The zero-order valence-corrected chi connectivity index (χ0v) is 27.5. The molecule has 6 heteroatoms. The lowest BCUT2D eigenvalue weighted by atomic mass is 9.93. The maximum atomic E-state index is 10.1. The van der Waals surface area contributed by atoms with Crippen LogP contribution in [0.15, 0.2) is 179 Å². The summed E-state index contributed by atoms with van der Waals surface area (Å²) in [6.07, 6.45) is 4.99. The largest absolute Gasteiger partial charge is 0.507 e. The van der Waals surface area contributed by atoms with Gasteiger partial charge in [-0.15, -0.1) is 0 Å². The molecular formula is C45H33N3O3. The molecule has 0 aromatic heterocycles. The summed E-state index contributed by atoms with van der Waals surface area (Å²) >= 11 is 0. The highest BCUT2D eigenvalue weighted by atomic mass is 16.3. The maximum absolute atomic E-state index is 10.1. The second-order valence-electron chi connectivity index (χ2n) is 11.9. The molecule has 246 valence electrons. The maximum Gasteiger partial charge on any atom is 0.124 e. The van der Waals surface area contributed by atoms with Crippen LogP contribution in [0.5, 0.6) is 17.2 Å². The Kier molecular flexibility index (Phi) is 9.57. The number of phenols is 3. The van der Waals surface area contributed by atoms with Crippen LogP contribution >= 0.6 is 0 Å². The minimum atomic E-state index is 0.188. The number of hydrogen-bond donors (Lipinski definition) is 3. The van der Waals surface area contributed by atoms with Gasteiger partial charge in [-0.1, -0.05) is 72.8 Å². The van der Waals surface area contributed by atoms with E-state index in [0.717, 1.165) is 50.4 Å². The van der Waals surface area contributed by atoms with Crippen molar-refractivity contribution < 1.29 is 15.3 Å². The number of nitrogens with zero attached hydrogens (tertiary/aromatic N) is 3. The topological polar surface area (TPSA) is 97.8 Å². The molecule has 0 unspecified atom stereocenters. The molecule has 3 N–H and O–H groups in total. The van der Waals surface area contributed by atoms with Gasteiger partial charge >= 0.3 is 0 Å². The molecule has 7 aromatic rings. The summed E-state index contributed by atoms with van der Waals surface area (Å²) < 4.78 is 0. The molecule has 7 rings (SSSR count). The molecule has 0 amide bonds. The van der Waals surface area contributed by atoms with Crippen LogP contribution in [0.4, 0.5) is 17.1 Å². The summed E-state index contributed by atoms with van der Waals surface area (Å²) in [5.74, 6) is 0.564. The van der Waals surface area contributed by atoms with Gasteiger partial charge in [0.05, 0.1) is 17.1 Å². The van der Waals surface area contributed by atoms with Crippen LogP contribution in [0, 0.1) is 0 Å². The van der Waals surface area contributed by atoms with Crippen LogP contribution in [0.1, 0.15) is 16.7 Å². The van der Waals surface area contributed by atoms with Crippen molar-refractivity contribution in [3.8, 4) is 50.6 Å². The molecule has 0 heterocycles. The highest BCUT2D eigenvalue weighted by Crippen LogP contribution is 2.35. The summed E-state index contributed by atoms with van der Waals surface area (Å²) in [6, 6.07) is 51.9. The smallest absolute Gasteiger partial charge is 0.124 e. The Morgan fingerprint density at radius 3 is 0.804 bits per heavy atom. The Morgan fingerprint density at radius 2 is 0.549 bits per heavy atom. The van der Waals surface area contributed by atoms with Crippen LogP contribution in [0.2, 0.25) is 0 Å². The summed E-state index contributed by atoms with van der Waals surface area (Å²) in [6.45, 7) is 0. The fourth-order valence-corrected chi connectivity index (χ4v) is 5.57. The average molecular weight is 664 g/mol. The third kappa shape index (κ3) is 7.99.